The highest BCUT2D eigenvalue weighted by atomic mass is 16.6. The van der Waals surface area contributed by atoms with Crippen molar-refractivity contribution >= 4 is 28.4 Å². The SMILES string of the molecule is Cc1c(C(=O)NCCn2ncc3c(NCCc4ccccc4)ncnc32)cccc1[N+](=O)[O-]. The third-order valence-corrected chi connectivity index (χ3v) is 5.34. The molecule has 0 aliphatic heterocycles. The number of nitrogens with one attached hydrogen (secondary N) is 2. The molecule has 0 saturated heterocycles. The van der Waals surface area contributed by atoms with Crippen LogP contribution in [0.5, 0.6) is 0 Å². The lowest BCUT2D eigenvalue weighted by Gasteiger charge is -2.09. The number of benzene rings is 2. The van der Waals surface area contributed by atoms with Crippen molar-refractivity contribution in [3.63, 3.8) is 0 Å². The van der Waals surface area contributed by atoms with E-state index in [-0.39, 0.29) is 17.2 Å². The molecule has 0 atom stereocenters. The van der Waals surface area contributed by atoms with Gasteiger partial charge in [-0.1, -0.05) is 36.4 Å². The van der Waals surface area contributed by atoms with Gasteiger partial charge in [-0.3, -0.25) is 14.9 Å². The fraction of sp³-hybridized carbons (Fsp3) is 0.217. The van der Waals surface area contributed by atoms with Crippen molar-refractivity contribution in [2.24, 2.45) is 0 Å². The average molecular weight is 445 g/mol. The Bertz CT molecular complexity index is 1290. The predicted molar refractivity (Wildman–Crippen MR) is 124 cm³/mol. The molecule has 4 rings (SSSR count). The van der Waals surface area contributed by atoms with E-state index in [1.807, 2.05) is 18.2 Å². The van der Waals surface area contributed by atoms with E-state index in [1.54, 1.807) is 23.9 Å². The summed E-state index contributed by atoms with van der Waals surface area (Å²) in [6, 6.07) is 14.6. The van der Waals surface area contributed by atoms with Gasteiger partial charge in [0.25, 0.3) is 11.6 Å². The lowest BCUT2D eigenvalue weighted by Crippen LogP contribution is -2.28. The maximum absolute atomic E-state index is 12.5. The third kappa shape index (κ3) is 4.95. The fourth-order valence-corrected chi connectivity index (χ4v) is 3.61. The van der Waals surface area contributed by atoms with Gasteiger partial charge < -0.3 is 10.6 Å². The van der Waals surface area contributed by atoms with Crippen LogP contribution >= 0.6 is 0 Å². The van der Waals surface area contributed by atoms with Gasteiger partial charge in [0.2, 0.25) is 0 Å². The first-order valence-corrected chi connectivity index (χ1v) is 10.5. The summed E-state index contributed by atoms with van der Waals surface area (Å²) in [5, 5.41) is 22.4. The Kier molecular flexibility index (Phi) is 6.53. The Morgan fingerprint density at radius 2 is 1.91 bits per heavy atom. The first-order chi connectivity index (χ1) is 16.0. The number of hydrogen-bond acceptors (Lipinski definition) is 7. The lowest BCUT2D eigenvalue weighted by molar-refractivity contribution is -0.385. The summed E-state index contributed by atoms with van der Waals surface area (Å²) in [4.78, 5) is 31.8. The van der Waals surface area contributed by atoms with Gasteiger partial charge in [-0.25, -0.2) is 14.6 Å². The monoisotopic (exact) mass is 445 g/mol. The highest BCUT2D eigenvalue weighted by molar-refractivity contribution is 5.96. The Balaban J connectivity index is 1.38. The van der Waals surface area contributed by atoms with Crippen LogP contribution in [0.3, 0.4) is 0 Å². The second kappa shape index (κ2) is 9.86. The Morgan fingerprint density at radius 1 is 1.09 bits per heavy atom. The minimum atomic E-state index is -0.493. The van der Waals surface area contributed by atoms with Crippen LogP contribution in [0, 0.1) is 17.0 Å². The Labute approximate surface area is 189 Å². The zero-order chi connectivity index (χ0) is 23.2. The van der Waals surface area contributed by atoms with Crippen LogP contribution in [0.4, 0.5) is 11.5 Å². The topological polar surface area (TPSA) is 128 Å². The number of anilines is 1. The van der Waals surface area contributed by atoms with Gasteiger partial charge in [-0.2, -0.15) is 5.10 Å². The zero-order valence-electron chi connectivity index (χ0n) is 18.1. The summed E-state index contributed by atoms with van der Waals surface area (Å²) in [6.45, 7) is 2.97. The highest BCUT2D eigenvalue weighted by Gasteiger charge is 2.18. The summed E-state index contributed by atoms with van der Waals surface area (Å²) >= 11 is 0. The van der Waals surface area contributed by atoms with Gasteiger partial charge in [0.1, 0.15) is 12.1 Å². The standard InChI is InChI=1S/C23H23N7O3/c1-16-18(8-5-9-20(16)30(32)33)23(31)25-12-13-29-22-19(14-28-29)21(26-15-27-22)24-11-10-17-6-3-2-4-7-17/h2-9,14-15H,10-13H2,1H3,(H,25,31)(H,24,26,27). The minimum Gasteiger partial charge on any atom is -0.369 e. The number of nitrogens with zero attached hydrogens (tertiary/aromatic N) is 5. The van der Waals surface area contributed by atoms with Crippen LogP contribution in [0.2, 0.25) is 0 Å². The molecule has 0 unspecified atom stereocenters. The van der Waals surface area contributed by atoms with Crippen LogP contribution in [0.25, 0.3) is 11.0 Å². The second-order valence-corrected chi connectivity index (χ2v) is 7.45. The number of carbonyl (C=O) groups is 1. The van der Waals surface area contributed by atoms with Gasteiger partial charge in [-0.05, 0) is 25.0 Å². The molecule has 2 heterocycles. The molecular formula is C23H23N7O3. The molecule has 2 aromatic heterocycles. The quantitative estimate of drug-likeness (QED) is 0.299. The van der Waals surface area contributed by atoms with E-state index in [0.717, 1.165) is 18.4 Å². The average Bonchev–Trinajstić information content (AvgIpc) is 3.23. The fourth-order valence-electron chi connectivity index (χ4n) is 3.61. The molecule has 4 aromatic rings. The van der Waals surface area contributed by atoms with Crippen molar-refractivity contribution < 1.29 is 9.72 Å². The van der Waals surface area contributed by atoms with Crippen molar-refractivity contribution in [1.29, 1.82) is 0 Å². The summed E-state index contributed by atoms with van der Waals surface area (Å²) in [5.74, 6) is 0.337. The van der Waals surface area contributed by atoms with Crippen molar-refractivity contribution in [2.75, 3.05) is 18.4 Å². The van der Waals surface area contributed by atoms with Gasteiger partial charge >= 0.3 is 0 Å². The molecule has 0 saturated carbocycles. The van der Waals surface area contributed by atoms with Gasteiger partial charge in [0.05, 0.1) is 23.1 Å². The van der Waals surface area contributed by atoms with Crippen molar-refractivity contribution in [3.05, 3.63) is 87.9 Å². The van der Waals surface area contributed by atoms with Crippen LogP contribution < -0.4 is 10.6 Å². The smallest absolute Gasteiger partial charge is 0.273 e. The third-order valence-electron chi connectivity index (χ3n) is 5.34. The number of rotatable bonds is 9. The first kappa shape index (κ1) is 21.9. The predicted octanol–water partition coefficient (Wildman–Crippen LogP) is 3.13. The number of nitro benzene ring substituents is 1. The van der Waals surface area contributed by atoms with Gasteiger partial charge in [-0.15, -0.1) is 0 Å². The molecule has 0 bridgehead atoms. The van der Waals surface area contributed by atoms with E-state index >= 15 is 0 Å². The van der Waals surface area contributed by atoms with Crippen molar-refractivity contribution in [2.45, 2.75) is 19.9 Å². The Hall–Kier alpha value is -4.34. The number of aromatic nitrogens is 4. The first-order valence-electron chi connectivity index (χ1n) is 10.5. The molecule has 0 fully saturated rings. The number of carbonyl (C=O) groups excluding carboxylic acids is 1. The number of amides is 1. The molecule has 168 valence electrons. The maximum atomic E-state index is 12.5. The highest BCUT2D eigenvalue weighted by Crippen LogP contribution is 2.21. The van der Waals surface area contributed by atoms with Crippen LogP contribution in [0.15, 0.2) is 61.1 Å². The summed E-state index contributed by atoms with van der Waals surface area (Å²) in [6.07, 6.45) is 4.05. The van der Waals surface area contributed by atoms with E-state index in [0.29, 0.717) is 30.1 Å². The van der Waals surface area contributed by atoms with Crippen molar-refractivity contribution in [3.8, 4) is 0 Å². The molecule has 0 radical (unpaired) electrons. The number of hydrogen-bond donors (Lipinski definition) is 2. The summed E-state index contributed by atoms with van der Waals surface area (Å²) in [5.41, 5.74) is 2.43. The molecule has 0 aliphatic rings. The van der Waals surface area contributed by atoms with Crippen LogP contribution in [-0.2, 0) is 13.0 Å². The lowest BCUT2D eigenvalue weighted by atomic mass is 10.1. The zero-order valence-corrected chi connectivity index (χ0v) is 18.1. The van der Waals surface area contributed by atoms with Gasteiger partial charge in [0, 0.05) is 30.3 Å². The van der Waals surface area contributed by atoms with Crippen LogP contribution in [-0.4, -0.2) is 43.7 Å². The molecular weight excluding hydrogens is 422 g/mol. The Morgan fingerprint density at radius 3 is 2.70 bits per heavy atom. The minimum absolute atomic E-state index is 0.0790. The molecule has 10 nitrogen and oxygen atoms in total. The van der Waals surface area contributed by atoms with Crippen LogP contribution in [0.1, 0.15) is 21.5 Å². The van der Waals surface area contributed by atoms with E-state index in [1.165, 1.54) is 24.0 Å². The molecule has 2 aromatic carbocycles. The van der Waals surface area contributed by atoms with E-state index in [9.17, 15) is 14.9 Å². The largest absolute Gasteiger partial charge is 0.369 e. The van der Waals surface area contributed by atoms with E-state index < -0.39 is 4.92 Å². The van der Waals surface area contributed by atoms with E-state index in [4.69, 9.17) is 0 Å². The second-order valence-electron chi connectivity index (χ2n) is 7.45. The number of fused-ring (bicyclic) bond motifs is 1. The maximum Gasteiger partial charge on any atom is 0.273 e. The molecule has 2 N–H and O–H groups in total. The molecule has 10 heteroatoms. The number of nitro groups is 1. The van der Waals surface area contributed by atoms with E-state index in [2.05, 4.69) is 37.8 Å². The van der Waals surface area contributed by atoms with Gasteiger partial charge in [0.15, 0.2) is 5.65 Å². The van der Waals surface area contributed by atoms with Crippen molar-refractivity contribution in [1.82, 2.24) is 25.1 Å². The summed E-state index contributed by atoms with van der Waals surface area (Å²) < 4.78 is 1.69. The normalized spacial score (nSPS) is 10.8. The molecule has 0 spiro atoms. The summed E-state index contributed by atoms with van der Waals surface area (Å²) in [7, 11) is 0. The molecule has 33 heavy (non-hydrogen) atoms. The molecule has 1 amide bonds. The molecule has 0 aliphatic carbocycles.